The van der Waals surface area contributed by atoms with E-state index in [9.17, 15) is 5.11 Å². The van der Waals surface area contributed by atoms with Crippen LogP contribution < -0.4 is 0 Å². The van der Waals surface area contributed by atoms with Crippen LogP contribution in [0.1, 0.15) is 52.4 Å². The van der Waals surface area contributed by atoms with Gasteiger partial charge in [-0.25, -0.2) is 0 Å². The van der Waals surface area contributed by atoms with Crippen LogP contribution in [0.3, 0.4) is 0 Å². The highest BCUT2D eigenvalue weighted by molar-refractivity contribution is 4.97. The van der Waals surface area contributed by atoms with E-state index in [0.29, 0.717) is 24.1 Å². The summed E-state index contributed by atoms with van der Waals surface area (Å²) in [7, 11) is 0. The van der Waals surface area contributed by atoms with Crippen molar-refractivity contribution in [1.29, 1.82) is 0 Å². The van der Waals surface area contributed by atoms with E-state index in [1.54, 1.807) is 0 Å². The van der Waals surface area contributed by atoms with Gasteiger partial charge in [-0.3, -0.25) is 4.90 Å². The predicted octanol–water partition coefficient (Wildman–Crippen LogP) is 2.41. The maximum absolute atomic E-state index is 9.46. The molecule has 0 aromatic rings. The molecule has 0 aromatic carbocycles. The van der Waals surface area contributed by atoms with Gasteiger partial charge < -0.3 is 5.11 Å². The summed E-state index contributed by atoms with van der Waals surface area (Å²) in [6, 6.07) is 1.02. The molecule has 2 fully saturated rings. The lowest BCUT2D eigenvalue weighted by Gasteiger charge is -2.34. The number of hydrogen-bond acceptors (Lipinski definition) is 2. The van der Waals surface area contributed by atoms with Gasteiger partial charge in [-0.1, -0.05) is 19.3 Å². The summed E-state index contributed by atoms with van der Waals surface area (Å²) in [4.78, 5) is 2.52. The Balaban J connectivity index is 2.05. The van der Waals surface area contributed by atoms with Crippen LogP contribution in [0.4, 0.5) is 0 Å². The first-order chi connectivity index (χ1) is 7.17. The minimum absolute atomic E-state index is 0.347. The molecule has 1 heterocycles. The van der Waals surface area contributed by atoms with Crippen LogP contribution in [0.5, 0.6) is 0 Å². The first-order valence-electron chi connectivity index (χ1n) is 6.53. The second kappa shape index (κ2) is 4.42. The molecule has 1 aliphatic heterocycles. The van der Waals surface area contributed by atoms with Crippen molar-refractivity contribution in [3.63, 3.8) is 0 Å². The summed E-state index contributed by atoms with van der Waals surface area (Å²) in [5, 5.41) is 9.46. The number of rotatable bonds is 2. The lowest BCUT2D eigenvalue weighted by atomic mass is 9.73. The quantitative estimate of drug-likeness (QED) is 0.758. The molecule has 2 rings (SSSR count). The SMILES string of the molecule is CC(C)N1CC2(CCCCC2)CC1CO. The number of aliphatic hydroxyl groups is 1. The third-order valence-corrected chi connectivity index (χ3v) is 4.44. The number of aliphatic hydroxyl groups excluding tert-OH is 1. The average Bonchev–Trinajstić information content (AvgIpc) is 2.58. The molecule has 1 atom stereocenters. The van der Waals surface area contributed by atoms with Crippen LogP contribution in [0.2, 0.25) is 0 Å². The van der Waals surface area contributed by atoms with Gasteiger partial charge in [0.05, 0.1) is 6.61 Å². The van der Waals surface area contributed by atoms with Gasteiger partial charge in [0, 0.05) is 18.6 Å². The lowest BCUT2D eigenvalue weighted by molar-refractivity contribution is 0.127. The fourth-order valence-corrected chi connectivity index (χ4v) is 3.64. The van der Waals surface area contributed by atoms with Crippen molar-refractivity contribution in [2.24, 2.45) is 5.41 Å². The Bertz CT molecular complexity index is 209. The summed E-state index contributed by atoms with van der Waals surface area (Å²) < 4.78 is 0. The van der Waals surface area contributed by atoms with Crippen LogP contribution in [0.15, 0.2) is 0 Å². The molecule has 88 valence electrons. The van der Waals surface area contributed by atoms with Crippen molar-refractivity contribution in [2.75, 3.05) is 13.2 Å². The normalized spacial score (nSPS) is 31.6. The minimum Gasteiger partial charge on any atom is -0.395 e. The van der Waals surface area contributed by atoms with Crippen molar-refractivity contribution < 1.29 is 5.11 Å². The third-order valence-electron chi connectivity index (χ3n) is 4.44. The van der Waals surface area contributed by atoms with Gasteiger partial charge in [0.15, 0.2) is 0 Å². The van der Waals surface area contributed by atoms with Gasteiger partial charge in [0.1, 0.15) is 0 Å². The van der Waals surface area contributed by atoms with Crippen LogP contribution in [0.25, 0.3) is 0 Å². The Hall–Kier alpha value is -0.0800. The Morgan fingerprint density at radius 2 is 1.93 bits per heavy atom. The average molecular weight is 211 g/mol. The van der Waals surface area contributed by atoms with Gasteiger partial charge in [0.2, 0.25) is 0 Å². The third kappa shape index (κ3) is 2.21. The topological polar surface area (TPSA) is 23.5 Å². The second-order valence-corrected chi connectivity index (χ2v) is 5.87. The Morgan fingerprint density at radius 1 is 1.27 bits per heavy atom. The zero-order valence-corrected chi connectivity index (χ0v) is 10.2. The molecule has 0 bridgehead atoms. The zero-order valence-electron chi connectivity index (χ0n) is 10.2. The number of hydrogen-bond donors (Lipinski definition) is 1. The molecule has 0 aromatic heterocycles. The molecule has 1 spiro atoms. The molecule has 1 unspecified atom stereocenters. The van der Waals surface area contributed by atoms with E-state index in [1.165, 1.54) is 45.1 Å². The van der Waals surface area contributed by atoms with E-state index in [-0.39, 0.29) is 0 Å². The predicted molar refractivity (Wildman–Crippen MR) is 62.9 cm³/mol. The molecule has 1 aliphatic carbocycles. The van der Waals surface area contributed by atoms with Gasteiger partial charge >= 0.3 is 0 Å². The van der Waals surface area contributed by atoms with Gasteiger partial charge in [-0.2, -0.15) is 0 Å². The standard InChI is InChI=1S/C13H25NO/c1-11(2)14-10-13(8-12(14)9-15)6-4-3-5-7-13/h11-12,15H,3-10H2,1-2H3. The van der Waals surface area contributed by atoms with Crippen LogP contribution in [-0.4, -0.2) is 35.2 Å². The number of likely N-dealkylation sites (tertiary alicyclic amines) is 1. The molecule has 1 saturated carbocycles. The summed E-state index contributed by atoms with van der Waals surface area (Å²) in [6.07, 6.45) is 8.27. The number of nitrogens with zero attached hydrogens (tertiary/aromatic N) is 1. The van der Waals surface area contributed by atoms with Gasteiger partial charge in [0.25, 0.3) is 0 Å². The molecule has 0 radical (unpaired) electrons. The second-order valence-electron chi connectivity index (χ2n) is 5.87. The molecule has 15 heavy (non-hydrogen) atoms. The smallest absolute Gasteiger partial charge is 0.0587 e. The highest BCUT2D eigenvalue weighted by Gasteiger charge is 2.44. The van der Waals surface area contributed by atoms with E-state index in [0.717, 1.165) is 0 Å². The molecular formula is C13H25NO. The van der Waals surface area contributed by atoms with E-state index in [1.807, 2.05) is 0 Å². The van der Waals surface area contributed by atoms with Crippen LogP contribution in [-0.2, 0) is 0 Å². The Labute approximate surface area is 93.7 Å². The largest absolute Gasteiger partial charge is 0.395 e. The van der Waals surface area contributed by atoms with Crippen molar-refractivity contribution in [2.45, 2.75) is 64.5 Å². The first-order valence-corrected chi connectivity index (χ1v) is 6.53. The molecule has 2 aliphatic rings. The molecule has 1 saturated heterocycles. The highest BCUT2D eigenvalue weighted by atomic mass is 16.3. The monoisotopic (exact) mass is 211 g/mol. The van der Waals surface area contributed by atoms with E-state index in [2.05, 4.69) is 18.7 Å². The Morgan fingerprint density at radius 3 is 2.40 bits per heavy atom. The van der Waals surface area contributed by atoms with Crippen LogP contribution in [0, 0.1) is 5.41 Å². The summed E-state index contributed by atoms with van der Waals surface area (Å²) in [6.45, 7) is 6.09. The van der Waals surface area contributed by atoms with Gasteiger partial charge in [-0.05, 0) is 38.5 Å². The molecular weight excluding hydrogens is 186 g/mol. The molecule has 2 heteroatoms. The van der Waals surface area contributed by atoms with Crippen LogP contribution >= 0.6 is 0 Å². The summed E-state index contributed by atoms with van der Waals surface area (Å²) in [5.41, 5.74) is 0.565. The van der Waals surface area contributed by atoms with E-state index < -0.39 is 0 Å². The molecule has 1 N–H and O–H groups in total. The maximum Gasteiger partial charge on any atom is 0.0587 e. The maximum atomic E-state index is 9.46. The molecule has 0 amide bonds. The minimum atomic E-state index is 0.347. The van der Waals surface area contributed by atoms with Crippen molar-refractivity contribution in [3.8, 4) is 0 Å². The van der Waals surface area contributed by atoms with Crippen molar-refractivity contribution in [1.82, 2.24) is 4.90 Å². The van der Waals surface area contributed by atoms with Gasteiger partial charge in [-0.15, -0.1) is 0 Å². The highest BCUT2D eigenvalue weighted by Crippen LogP contribution is 2.46. The first kappa shape index (κ1) is 11.4. The Kier molecular flexibility index (Phi) is 3.36. The van der Waals surface area contributed by atoms with E-state index in [4.69, 9.17) is 0 Å². The van der Waals surface area contributed by atoms with E-state index >= 15 is 0 Å². The fraction of sp³-hybridized carbons (Fsp3) is 1.00. The zero-order chi connectivity index (χ0) is 10.9. The fourth-order valence-electron chi connectivity index (χ4n) is 3.64. The molecule has 2 nitrogen and oxygen atoms in total. The summed E-state index contributed by atoms with van der Waals surface area (Å²) in [5.74, 6) is 0. The summed E-state index contributed by atoms with van der Waals surface area (Å²) >= 11 is 0. The van der Waals surface area contributed by atoms with Crippen molar-refractivity contribution >= 4 is 0 Å². The lowest BCUT2D eigenvalue weighted by Crippen LogP contribution is -2.38. The van der Waals surface area contributed by atoms with Crippen molar-refractivity contribution in [3.05, 3.63) is 0 Å².